The molecule has 0 fully saturated rings. The van der Waals surface area contributed by atoms with Crippen molar-refractivity contribution in [1.82, 2.24) is 0 Å². The second-order valence-corrected chi connectivity index (χ2v) is 10.7. The topological polar surface area (TPSA) is 26.3 Å². The maximum atomic E-state index is 13.2. The van der Waals surface area contributed by atoms with Crippen LogP contribution in [0.2, 0.25) is 0 Å². The molecule has 2 heteroatoms. The number of carbonyl (C=O) groups is 1. The van der Waals surface area contributed by atoms with Gasteiger partial charge in [0.05, 0.1) is 5.56 Å². The highest BCUT2D eigenvalue weighted by Gasteiger charge is 2.44. The zero-order valence-corrected chi connectivity index (χ0v) is 21.6. The van der Waals surface area contributed by atoms with Crippen molar-refractivity contribution in [1.29, 1.82) is 0 Å². The summed E-state index contributed by atoms with van der Waals surface area (Å²) < 4.78 is 6.40. The Morgan fingerprint density at radius 2 is 1.88 bits per heavy atom. The molecule has 1 aromatic rings. The van der Waals surface area contributed by atoms with E-state index in [4.69, 9.17) is 4.74 Å². The third-order valence-electron chi connectivity index (χ3n) is 7.56. The van der Waals surface area contributed by atoms with E-state index in [1.54, 1.807) is 0 Å². The Balaban J connectivity index is 2.49. The minimum Gasteiger partial charge on any atom is -0.451 e. The van der Waals surface area contributed by atoms with E-state index in [1.165, 1.54) is 11.1 Å². The second-order valence-electron chi connectivity index (χ2n) is 10.7. The molecule has 0 heterocycles. The zero-order valence-electron chi connectivity index (χ0n) is 21.6. The predicted molar refractivity (Wildman–Crippen MR) is 137 cm³/mol. The molecular weight excluding hydrogens is 392 g/mol. The van der Waals surface area contributed by atoms with Crippen molar-refractivity contribution in [2.45, 2.75) is 86.7 Å². The van der Waals surface area contributed by atoms with Gasteiger partial charge in [-0.1, -0.05) is 82.2 Å². The van der Waals surface area contributed by atoms with Crippen LogP contribution >= 0.6 is 0 Å². The van der Waals surface area contributed by atoms with Gasteiger partial charge in [0, 0.05) is 0 Å². The van der Waals surface area contributed by atoms with Crippen LogP contribution in [-0.4, -0.2) is 11.6 Å². The first-order chi connectivity index (χ1) is 14.9. The summed E-state index contributed by atoms with van der Waals surface area (Å²) in [5.74, 6) is 0.878. The van der Waals surface area contributed by atoms with Gasteiger partial charge in [0.2, 0.25) is 0 Å². The molecule has 0 saturated heterocycles. The van der Waals surface area contributed by atoms with Gasteiger partial charge in [-0.3, -0.25) is 0 Å². The lowest BCUT2D eigenvalue weighted by atomic mass is 9.64. The number of benzene rings is 1. The molecule has 0 saturated carbocycles. The molecule has 176 valence electrons. The summed E-state index contributed by atoms with van der Waals surface area (Å²) in [6, 6.07) is 9.33. The normalized spacial score (nSPS) is 23.2. The van der Waals surface area contributed by atoms with E-state index in [-0.39, 0.29) is 11.4 Å². The van der Waals surface area contributed by atoms with E-state index in [2.05, 4.69) is 74.1 Å². The highest BCUT2D eigenvalue weighted by Crippen LogP contribution is 2.47. The number of ether oxygens (including phenoxy) is 1. The Hall–Kier alpha value is -2.09. The fraction of sp³-hybridized carbons (Fsp3) is 0.567. The molecular formula is C30H44O2. The van der Waals surface area contributed by atoms with Gasteiger partial charge < -0.3 is 4.74 Å². The van der Waals surface area contributed by atoms with Crippen LogP contribution in [-0.2, 0) is 4.74 Å². The Morgan fingerprint density at radius 3 is 2.41 bits per heavy atom. The van der Waals surface area contributed by atoms with Crippen molar-refractivity contribution in [3.8, 4) is 0 Å². The SMILES string of the molecule is C=C(C1CCC(C)=CC1C)C(C)(CC(C)(C=C(C)C)C(C)CC)OC(=O)c1ccccc1. The number of hydrogen-bond donors (Lipinski definition) is 0. The second kappa shape index (κ2) is 10.7. The van der Waals surface area contributed by atoms with Crippen LogP contribution in [0.25, 0.3) is 0 Å². The molecule has 0 radical (unpaired) electrons. The molecule has 2 rings (SSSR count). The van der Waals surface area contributed by atoms with E-state index in [0.29, 0.717) is 23.3 Å². The fourth-order valence-electron chi connectivity index (χ4n) is 5.45. The molecule has 0 aliphatic heterocycles. The highest BCUT2D eigenvalue weighted by atomic mass is 16.6. The van der Waals surface area contributed by atoms with Crippen LogP contribution in [0.15, 0.2) is 65.8 Å². The minimum atomic E-state index is -0.755. The molecule has 2 nitrogen and oxygen atoms in total. The number of rotatable bonds is 9. The van der Waals surface area contributed by atoms with Crippen LogP contribution in [0.1, 0.15) is 91.4 Å². The van der Waals surface area contributed by atoms with Crippen molar-refractivity contribution in [3.63, 3.8) is 0 Å². The first kappa shape index (κ1) is 26.2. The number of esters is 1. The smallest absolute Gasteiger partial charge is 0.338 e. The number of carbonyl (C=O) groups excluding carboxylic acids is 1. The summed E-state index contributed by atoms with van der Waals surface area (Å²) in [5.41, 5.74) is 3.51. The summed E-state index contributed by atoms with van der Waals surface area (Å²) in [6.45, 7) is 22.3. The molecule has 32 heavy (non-hydrogen) atoms. The third kappa shape index (κ3) is 6.24. The van der Waals surface area contributed by atoms with Crippen LogP contribution in [0.5, 0.6) is 0 Å². The van der Waals surface area contributed by atoms with E-state index in [0.717, 1.165) is 31.3 Å². The van der Waals surface area contributed by atoms with Crippen LogP contribution in [0, 0.1) is 23.2 Å². The first-order valence-electron chi connectivity index (χ1n) is 12.2. The monoisotopic (exact) mass is 436 g/mol. The van der Waals surface area contributed by atoms with Gasteiger partial charge in [-0.05, 0) is 87.8 Å². The average molecular weight is 437 g/mol. The molecule has 0 aromatic heterocycles. The molecule has 0 spiro atoms. The van der Waals surface area contributed by atoms with Crippen LogP contribution < -0.4 is 0 Å². The summed E-state index contributed by atoms with van der Waals surface area (Å²) in [5, 5.41) is 0. The lowest BCUT2D eigenvalue weighted by molar-refractivity contribution is -0.0199. The van der Waals surface area contributed by atoms with Crippen molar-refractivity contribution < 1.29 is 9.53 Å². The van der Waals surface area contributed by atoms with Gasteiger partial charge in [0.15, 0.2) is 0 Å². The van der Waals surface area contributed by atoms with Gasteiger partial charge in [0.1, 0.15) is 5.60 Å². The van der Waals surface area contributed by atoms with Crippen LogP contribution in [0.3, 0.4) is 0 Å². The molecule has 0 bridgehead atoms. The molecule has 1 aliphatic rings. The first-order valence-corrected chi connectivity index (χ1v) is 12.2. The summed E-state index contributed by atoms with van der Waals surface area (Å²) in [4.78, 5) is 13.2. The van der Waals surface area contributed by atoms with E-state index in [9.17, 15) is 4.79 Å². The summed E-state index contributed by atoms with van der Waals surface area (Å²) in [6.07, 6.45) is 8.66. The van der Waals surface area contributed by atoms with Gasteiger partial charge >= 0.3 is 5.97 Å². The van der Waals surface area contributed by atoms with E-state index >= 15 is 0 Å². The van der Waals surface area contributed by atoms with Gasteiger partial charge in [-0.2, -0.15) is 0 Å². The van der Waals surface area contributed by atoms with E-state index in [1.807, 2.05) is 30.3 Å². The van der Waals surface area contributed by atoms with Crippen molar-refractivity contribution in [2.24, 2.45) is 23.2 Å². The lowest BCUT2D eigenvalue weighted by Crippen LogP contribution is -2.44. The maximum absolute atomic E-state index is 13.2. The standard InChI is InChI=1S/C30H44O2/c1-10-24(6)29(8,19-21(2)3)20-30(9,32-28(31)26-14-12-11-13-15-26)25(7)27-17-16-22(4)18-23(27)5/h11-15,18-19,23-24,27H,7,10,16-17,20H2,1-6,8-9H3. The van der Waals surface area contributed by atoms with Crippen molar-refractivity contribution in [3.05, 3.63) is 71.3 Å². The molecule has 1 aromatic carbocycles. The Labute approximate surface area is 196 Å². The van der Waals surface area contributed by atoms with Gasteiger partial charge in [0.25, 0.3) is 0 Å². The average Bonchev–Trinajstić information content (AvgIpc) is 2.72. The van der Waals surface area contributed by atoms with Gasteiger partial charge in [-0.15, -0.1) is 0 Å². The number of hydrogen-bond acceptors (Lipinski definition) is 2. The molecule has 1 aliphatic carbocycles. The van der Waals surface area contributed by atoms with Crippen molar-refractivity contribution in [2.75, 3.05) is 0 Å². The Kier molecular flexibility index (Phi) is 8.74. The maximum Gasteiger partial charge on any atom is 0.338 e. The zero-order chi connectivity index (χ0) is 24.1. The quantitative estimate of drug-likeness (QED) is 0.286. The Morgan fingerprint density at radius 1 is 1.25 bits per heavy atom. The summed E-state index contributed by atoms with van der Waals surface area (Å²) in [7, 11) is 0. The third-order valence-corrected chi connectivity index (χ3v) is 7.56. The number of allylic oxidation sites excluding steroid dienone is 4. The largest absolute Gasteiger partial charge is 0.451 e. The Bertz CT molecular complexity index is 858. The lowest BCUT2D eigenvalue weighted by Gasteiger charge is -2.45. The minimum absolute atomic E-state index is 0.105. The van der Waals surface area contributed by atoms with Gasteiger partial charge in [-0.25, -0.2) is 4.79 Å². The van der Waals surface area contributed by atoms with Crippen molar-refractivity contribution >= 4 is 5.97 Å². The predicted octanol–water partition coefficient (Wildman–Crippen LogP) is 8.56. The van der Waals surface area contributed by atoms with E-state index < -0.39 is 5.60 Å². The molecule has 5 atom stereocenters. The molecule has 5 unspecified atom stereocenters. The fourth-order valence-corrected chi connectivity index (χ4v) is 5.45. The van der Waals surface area contributed by atoms with Crippen LogP contribution in [0.4, 0.5) is 0 Å². The highest BCUT2D eigenvalue weighted by molar-refractivity contribution is 5.89. The molecule has 0 amide bonds. The molecule has 0 N–H and O–H groups in total. The summed E-state index contributed by atoms with van der Waals surface area (Å²) >= 11 is 0.